The Morgan fingerprint density at radius 2 is 1.95 bits per heavy atom. The highest BCUT2D eigenvalue weighted by Gasteiger charge is 2.01. The van der Waals surface area contributed by atoms with Crippen molar-refractivity contribution in [3.05, 3.63) is 52.2 Å². The Morgan fingerprint density at radius 3 is 2.75 bits per heavy atom. The van der Waals surface area contributed by atoms with Crippen LogP contribution in [0.25, 0.3) is 0 Å². The van der Waals surface area contributed by atoms with Crippen LogP contribution >= 0.6 is 11.3 Å². The number of hydrogen-bond acceptors (Lipinski definition) is 4. The van der Waals surface area contributed by atoms with Gasteiger partial charge in [0.15, 0.2) is 0 Å². The molecule has 2 aromatic rings. The molecule has 0 saturated carbocycles. The van der Waals surface area contributed by atoms with Crippen molar-refractivity contribution >= 4 is 11.3 Å². The van der Waals surface area contributed by atoms with E-state index in [-0.39, 0.29) is 0 Å². The summed E-state index contributed by atoms with van der Waals surface area (Å²) in [5.74, 6) is 0.647. The summed E-state index contributed by atoms with van der Waals surface area (Å²) in [4.78, 5) is 1.35. The van der Waals surface area contributed by atoms with Gasteiger partial charge in [0, 0.05) is 24.3 Å². The van der Waals surface area contributed by atoms with Crippen molar-refractivity contribution in [2.45, 2.75) is 12.8 Å². The minimum absolute atomic E-state index is 0.567. The molecule has 0 aliphatic heterocycles. The highest BCUT2D eigenvalue weighted by molar-refractivity contribution is 7.09. The topological polar surface area (TPSA) is 42.2 Å². The minimum Gasteiger partial charge on any atom is -0.492 e. The molecule has 0 bridgehead atoms. The number of benzene rings is 1. The molecule has 0 unspecified atom stereocenters. The van der Waals surface area contributed by atoms with Crippen molar-refractivity contribution < 1.29 is 9.47 Å². The van der Waals surface area contributed by atoms with E-state index in [0.717, 1.165) is 19.4 Å². The fraction of sp³-hybridized carbons (Fsp3) is 0.312. The second-order valence-corrected chi connectivity index (χ2v) is 5.28. The van der Waals surface area contributed by atoms with E-state index in [4.69, 9.17) is 14.7 Å². The fourth-order valence-electron chi connectivity index (χ4n) is 1.76. The van der Waals surface area contributed by atoms with Gasteiger partial charge in [0.25, 0.3) is 0 Å². The Morgan fingerprint density at radius 1 is 1.05 bits per heavy atom. The molecule has 0 spiro atoms. The molecule has 0 aliphatic rings. The van der Waals surface area contributed by atoms with Crippen molar-refractivity contribution in [2.75, 3.05) is 19.8 Å². The molecular formula is C16H17NO2S. The number of rotatable bonds is 8. The van der Waals surface area contributed by atoms with E-state index < -0.39 is 0 Å². The van der Waals surface area contributed by atoms with E-state index >= 15 is 0 Å². The Kier molecular flexibility index (Phi) is 6.09. The van der Waals surface area contributed by atoms with Crippen molar-refractivity contribution in [2.24, 2.45) is 0 Å². The van der Waals surface area contributed by atoms with E-state index in [2.05, 4.69) is 23.6 Å². The first-order valence-electron chi connectivity index (χ1n) is 6.62. The second kappa shape index (κ2) is 8.36. The van der Waals surface area contributed by atoms with Gasteiger partial charge in [-0.1, -0.05) is 18.2 Å². The summed E-state index contributed by atoms with van der Waals surface area (Å²) in [6.07, 6.45) is 1.79. The van der Waals surface area contributed by atoms with Gasteiger partial charge in [-0.05, 0) is 23.6 Å². The van der Waals surface area contributed by atoms with Gasteiger partial charge in [0.2, 0.25) is 0 Å². The molecule has 0 fully saturated rings. The summed E-state index contributed by atoms with van der Waals surface area (Å²) in [6, 6.07) is 13.6. The van der Waals surface area contributed by atoms with Crippen LogP contribution in [-0.2, 0) is 11.2 Å². The first-order chi connectivity index (χ1) is 9.90. The third kappa shape index (κ3) is 4.69. The van der Waals surface area contributed by atoms with Gasteiger partial charge in [-0.15, -0.1) is 11.3 Å². The number of para-hydroxylation sites is 1. The Balaban J connectivity index is 1.56. The summed E-state index contributed by atoms with van der Waals surface area (Å²) in [6.45, 7) is 1.99. The number of thiophene rings is 1. The van der Waals surface area contributed by atoms with Crippen LogP contribution in [0.4, 0.5) is 0 Å². The molecule has 0 radical (unpaired) electrons. The minimum atomic E-state index is 0.567. The Labute approximate surface area is 123 Å². The van der Waals surface area contributed by atoms with Crippen LogP contribution in [0.2, 0.25) is 0 Å². The van der Waals surface area contributed by atoms with Gasteiger partial charge in [0.1, 0.15) is 11.8 Å². The van der Waals surface area contributed by atoms with Crippen LogP contribution in [0.15, 0.2) is 41.8 Å². The summed E-state index contributed by atoms with van der Waals surface area (Å²) in [5.41, 5.74) is 0.575. The highest BCUT2D eigenvalue weighted by atomic mass is 32.1. The van der Waals surface area contributed by atoms with Gasteiger partial charge in [-0.3, -0.25) is 0 Å². The SMILES string of the molecule is N#Cc1ccccc1OCCCOCCc1cccs1. The zero-order valence-corrected chi connectivity index (χ0v) is 12.1. The van der Waals surface area contributed by atoms with Gasteiger partial charge in [-0.2, -0.15) is 5.26 Å². The van der Waals surface area contributed by atoms with Crippen molar-refractivity contribution in [3.63, 3.8) is 0 Å². The van der Waals surface area contributed by atoms with Crippen LogP contribution in [0.1, 0.15) is 16.9 Å². The van der Waals surface area contributed by atoms with Crippen molar-refractivity contribution in [1.82, 2.24) is 0 Å². The maximum absolute atomic E-state index is 8.93. The van der Waals surface area contributed by atoms with Gasteiger partial charge < -0.3 is 9.47 Å². The lowest BCUT2D eigenvalue weighted by atomic mass is 10.2. The van der Waals surface area contributed by atoms with E-state index in [1.54, 1.807) is 17.4 Å². The van der Waals surface area contributed by atoms with Gasteiger partial charge >= 0.3 is 0 Å². The summed E-state index contributed by atoms with van der Waals surface area (Å²) in [7, 11) is 0. The van der Waals surface area contributed by atoms with Crippen LogP contribution < -0.4 is 4.74 Å². The number of ether oxygens (including phenoxy) is 2. The predicted octanol–water partition coefficient (Wildman–Crippen LogP) is 3.65. The average molecular weight is 287 g/mol. The molecule has 0 N–H and O–H groups in total. The highest BCUT2D eigenvalue weighted by Crippen LogP contribution is 2.16. The molecule has 2 rings (SSSR count). The molecule has 20 heavy (non-hydrogen) atoms. The van der Waals surface area contributed by atoms with Crippen molar-refractivity contribution in [3.8, 4) is 11.8 Å². The lowest BCUT2D eigenvalue weighted by Crippen LogP contribution is -2.05. The first-order valence-corrected chi connectivity index (χ1v) is 7.50. The standard InChI is InChI=1S/C16H17NO2S/c17-13-14-5-1-2-7-16(14)19-10-4-9-18-11-8-15-6-3-12-20-15/h1-3,5-7,12H,4,8-11H2. The quantitative estimate of drug-likeness (QED) is 0.696. The molecular weight excluding hydrogens is 270 g/mol. The fourth-order valence-corrected chi connectivity index (χ4v) is 2.45. The van der Waals surface area contributed by atoms with Crippen LogP contribution in [0.5, 0.6) is 5.75 Å². The second-order valence-electron chi connectivity index (χ2n) is 4.25. The Hall–Kier alpha value is -1.83. The van der Waals surface area contributed by atoms with Crippen LogP contribution in [0.3, 0.4) is 0 Å². The largest absolute Gasteiger partial charge is 0.492 e. The average Bonchev–Trinajstić information content (AvgIpc) is 3.00. The molecule has 1 heterocycles. The Bertz CT molecular complexity index is 546. The maximum atomic E-state index is 8.93. The molecule has 104 valence electrons. The molecule has 0 amide bonds. The molecule has 0 aliphatic carbocycles. The number of nitriles is 1. The van der Waals surface area contributed by atoms with Crippen molar-refractivity contribution in [1.29, 1.82) is 5.26 Å². The smallest absolute Gasteiger partial charge is 0.137 e. The third-order valence-electron chi connectivity index (χ3n) is 2.77. The number of nitrogens with zero attached hydrogens (tertiary/aromatic N) is 1. The molecule has 3 nitrogen and oxygen atoms in total. The predicted molar refractivity (Wildman–Crippen MR) is 80.1 cm³/mol. The molecule has 0 saturated heterocycles. The van der Waals surface area contributed by atoms with Gasteiger partial charge in [-0.25, -0.2) is 0 Å². The zero-order valence-electron chi connectivity index (χ0n) is 11.2. The van der Waals surface area contributed by atoms with Crippen LogP contribution in [0, 0.1) is 11.3 Å². The lowest BCUT2D eigenvalue weighted by Gasteiger charge is -2.07. The normalized spacial score (nSPS) is 10.2. The van der Waals surface area contributed by atoms with E-state index in [1.165, 1.54) is 4.88 Å². The third-order valence-corrected chi connectivity index (χ3v) is 3.71. The molecule has 4 heteroatoms. The van der Waals surface area contributed by atoms with Gasteiger partial charge in [0.05, 0.1) is 18.8 Å². The molecule has 1 aromatic heterocycles. The molecule has 1 aromatic carbocycles. The summed E-state index contributed by atoms with van der Waals surface area (Å²) >= 11 is 1.76. The summed E-state index contributed by atoms with van der Waals surface area (Å²) in [5, 5.41) is 11.0. The maximum Gasteiger partial charge on any atom is 0.137 e. The van der Waals surface area contributed by atoms with E-state index in [1.807, 2.05) is 18.2 Å². The molecule has 0 atom stereocenters. The zero-order chi connectivity index (χ0) is 14.0. The van der Waals surface area contributed by atoms with E-state index in [0.29, 0.717) is 24.5 Å². The monoisotopic (exact) mass is 287 g/mol. The van der Waals surface area contributed by atoms with E-state index in [9.17, 15) is 0 Å². The summed E-state index contributed by atoms with van der Waals surface area (Å²) < 4.78 is 11.1. The van der Waals surface area contributed by atoms with Crippen LogP contribution in [-0.4, -0.2) is 19.8 Å². The number of hydrogen-bond donors (Lipinski definition) is 0. The lowest BCUT2D eigenvalue weighted by molar-refractivity contribution is 0.122. The first kappa shape index (κ1) is 14.6.